The van der Waals surface area contributed by atoms with Crippen LogP contribution in [0.25, 0.3) is 0 Å². The van der Waals surface area contributed by atoms with Crippen LogP contribution in [0.1, 0.15) is 13.3 Å². The molecule has 2 rings (SSSR count). The molecule has 64 valence electrons. The number of morpholine rings is 1. The predicted octanol–water partition coefficient (Wildman–Crippen LogP) is 1.17. The van der Waals surface area contributed by atoms with E-state index >= 15 is 0 Å². The van der Waals surface area contributed by atoms with Crippen LogP contribution in [-0.4, -0.2) is 41.8 Å². The lowest BCUT2D eigenvalue weighted by atomic mass is 10.2. The largest absolute Gasteiger partial charge is 0.375 e. The molecule has 0 aromatic rings. The normalized spacial score (nSPS) is 39.8. The molecule has 11 heavy (non-hydrogen) atoms. The van der Waals surface area contributed by atoms with Crippen LogP contribution in [0.5, 0.6) is 0 Å². The van der Waals surface area contributed by atoms with Crippen molar-refractivity contribution in [2.45, 2.75) is 30.9 Å². The zero-order chi connectivity index (χ0) is 7.84. The highest BCUT2D eigenvalue weighted by atomic mass is 32.2. The smallest absolute Gasteiger partial charge is 0.0719 e. The van der Waals surface area contributed by atoms with Crippen LogP contribution in [0.2, 0.25) is 0 Å². The Morgan fingerprint density at radius 1 is 1.64 bits per heavy atom. The molecule has 0 radical (unpaired) electrons. The van der Waals surface area contributed by atoms with Crippen molar-refractivity contribution in [3.05, 3.63) is 0 Å². The number of likely N-dealkylation sites (tertiary alicyclic amines) is 1. The van der Waals surface area contributed by atoms with E-state index in [2.05, 4.69) is 18.1 Å². The van der Waals surface area contributed by atoms with Crippen molar-refractivity contribution >= 4 is 11.8 Å². The van der Waals surface area contributed by atoms with Crippen molar-refractivity contribution in [2.75, 3.05) is 19.4 Å². The topological polar surface area (TPSA) is 12.5 Å². The minimum atomic E-state index is 0.551. The van der Waals surface area contributed by atoms with Gasteiger partial charge in [-0.3, -0.25) is 4.90 Å². The highest BCUT2D eigenvalue weighted by Crippen LogP contribution is 2.31. The summed E-state index contributed by atoms with van der Waals surface area (Å²) in [7, 11) is 0. The maximum absolute atomic E-state index is 5.53. The van der Waals surface area contributed by atoms with Gasteiger partial charge >= 0.3 is 0 Å². The molecule has 0 amide bonds. The first-order valence-electron chi connectivity index (χ1n) is 4.21. The molecular formula is C8H15NOS. The molecule has 2 aliphatic rings. The molecule has 1 unspecified atom stereocenters. The van der Waals surface area contributed by atoms with E-state index in [9.17, 15) is 0 Å². The van der Waals surface area contributed by atoms with Gasteiger partial charge < -0.3 is 4.74 Å². The van der Waals surface area contributed by atoms with Crippen molar-refractivity contribution < 1.29 is 4.74 Å². The first-order valence-corrected chi connectivity index (χ1v) is 5.50. The van der Waals surface area contributed by atoms with E-state index in [-0.39, 0.29) is 0 Å². The van der Waals surface area contributed by atoms with Crippen molar-refractivity contribution in [2.24, 2.45) is 0 Å². The second-order valence-corrected chi connectivity index (χ2v) is 4.53. The molecule has 3 atom stereocenters. The first-order chi connectivity index (χ1) is 5.31. The van der Waals surface area contributed by atoms with Crippen molar-refractivity contribution in [3.63, 3.8) is 0 Å². The third kappa shape index (κ3) is 1.30. The van der Waals surface area contributed by atoms with E-state index in [4.69, 9.17) is 4.74 Å². The Balaban J connectivity index is 1.96. The maximum Gasteiger partial charge on any atom is 0.0719 e. The Labute approximate surface area is 72.3 Å². The molecular weight excluding hydrogens is 158 g/mol. The first kappa shape index (κ1) is 7.90. The number of fused-ring (bicyclic) bond motifs is 2. The van der Waals surface area contributed by atoms with Gasteiger partial charge in [0.05, 0.1) is 18.1 Å². The van der Waals surface area contributed by atoms with Crippen LogP contribution in [-0.2, 0) is 4.74 Å². The fourth-order valence-electron chi connectivity index (χ4n) is 2.01. The highest BCUT2D eigenvalue weighted by Gasteiger charge is 2.40. The van der Waals surface area contributed by atoms with Gasteiger partial charge in [0, 0.05) is 12.6 Å². The molecule has 0 aromatic carbocycles. The van der Waals surface area contributed by atoms with Gasteiger partial charge in [-0.1, -0.05) is 0 Å². The Kier molecular flexibility index (Phi) is 2.12. The summed E-state index contributed by atoms with van der Waals surface area (Å²) in [6.07, 6.45) is 4.00. The standard InChI is InChI=1S/C8H15NOS/c1-6(11-2)9-4-8-3-7(9)5-10-8/h6-8H,3-5H2,1-2H3/t6?,7-,8-/m0/s1. The number of nitrogens with zero attached hydrogens (tertiary/aromatic N) is 1. The fourth-order valence-corrected chi connectivity index (χ4v) is 2.54. The van der Waals surface area contributed by atoms with Gasteiger partial charge in [0.1, 0.15) is 0 Å². The lowest BCUT2D eigenvalue weighted by molar-refractivity contribution is 0.0282. The predicted molar refractivity (Wildman–Crippen MR) is 47.8 cm³/mol. The molecule has 2 heterocycles. The van der Waals surface area contributed by atoms with E-state index in [0.717, 1.165) is 19.2 Å². The summed E-state index contributed by atoms with van der Waals surface area (Å²) in [4.78, 5) is 2.57. The van der Waals surface area contributed by atoms with Gasteiger partial charge in [-0.2, -0.15) is 0 Å². The van der Waals surface area contributed by atoms with Gasteiger partial charge in [-0.05, 0) is 19.6 Å². The summed E-state index contributed by atoms with van der Waals surface area (Å²) in [6, 6.07) is 0.724. The SMILES string of the molecule is CSC(C)N1C[C@@H]2C[C@H]1CO2. The van der Waals surface area contributed by atoms with Gasteiger partial charge in [0.2, 0.25) is 0 Å². The lowest BCUT2D eigenvalue weighted by Crippen LogP contribution is -2.41. The van der Waals surface area contributed by atoms with E-state index in [0.29, 0.717) is 11.5 Å². The number of ether oxygens (including phenoxy) is 1. The number of thioether (sulfide) groups is 1. The molecule has 3 heteroatoms. The minimum Gasteiger partial charge on any atom is -0.375 e. The third-order valence-corrected chi connectivity index (χ3v) is 3.70. The summed E-state index contributed by atoms with van der Waals surface area (Å²) in [5.74, 6) is 0. The molecule has 0 aromatic heterocycles. The van der Waals surface area contributed by atoms with E-state index in [1.54, 1.807) is 0 Å². The van der Waals surface area contributed by atoms with Crippen LogP contribution < -0.4 is 0 Å². The third-order valence-electron chi connectivity index (χ3n) is 2.75. The second-order valence-electron chi connectivity index (χ2n) is 3.38. The van der Waals surface area contributed by atoms with Crippen LogP contribution in [0.4, 0.5) is 0 Å². The Morgan fingerprint density at radius 2 is 2.45 bits per heavy atom. The zero-order valence-corrected chi connectivity index (χ0v) is 7.93. The molecule has 0 spiro atoms. The van der Waals surface area contributed by atoms with Crippen molar-refractivity contribution in [1.29, 1.82) is 0 Å². The minimum absolute atomic E-state index is 0.551. The van der Waals surface area contributed by atoms with Crippen LogP contribution in [0, 0.1) is 0 Å². The van der Waals surface area contributed by atoms with E-state index < -0.39 is 0 Å². The van der Waals surface area contributed by atoms with Gasteiger partial charge in [0.15, 0.2) is 0 Å². The zero-order valence-electron chi connectivity index (χ0n) is 7.12. The summed E-state index contributed by atoms with van der Waals surface area (Å²) in [6.45, 7) is 4.41. The molecule has 2 nitrogen and oxygen atoms in total. The Morgan fingerprint density at radius 3 is 2.91 bits per heavy atom. The quantitative estimate of drug-likeness (QED) is 0.622. The molecule has 0 N–H and O–H groups in total. The summed E-state index contributed by atoms with van der Waals surface area (Å²) >= 11 is 1.93. The maximum atomic E-state index is 5.53. The molecule has 2 saturated heterocycles. The van der Waals surface area contributed by atoms with Gasteiger partial charge in [0.25, 0.3) is 0 Å². The summed E-state index contributed by atoms with van der Waals surface area (Å²) in [5, 5.41) is 0.675. The molecule has 2 aliphatic heterocycles. The number of hydrogen-bond donors (Lipinski definition) is 0. The molecule has 2 bridgehead atoms. The Bertz CT molecular complexity index is 153. The monoisotopic (exact) mass is 173 g/mol. The van der Waals surface area contributed by atoms with E-state index in [1.165, 1.54) is 6.42 Å². The second kappa shape index (κ2) is 2.96. The highest BCUT2D eigenvalue weighted by molar-refractivity contribution is 7.99. The van der Waals surface area contributed by atoms with Crippen LogP contribution in [0.15, 0.2) is 0 Å². The fraction of sp³-hybridized carbons (Fsp3) is 1.00. The lowest BCUT2D eigenvalue weighted by Gasteiger charge is -2.31. The average Bonchev–Trinajstić information content (AvgIpc) is 2.62. The van der Waals surface area contributed by atoms with E-state index in [1.807, 2.05) is 11.8 Å². The van der Waals surface area contributed by atoms with Crippen LogP contribution in [0.3, 0.4) is 0 Å². The molecule has 0 saturated carbocycles. The number of hydrogen-bond acceptors (Lipinski definition) is 3. The number of rotatable bonds is 2. The molecule has 2 fully saturated rings. The van der Waals surface area contributed by atoms with Gasteiger partial charge in [-0.25, -0.2) is 0 Å². The van der Waals surface area contributed by atoms with Crippen molar-refractivity contribution in [3.8, 4) is 0 Å². The van der Waals surface area contributed by atoms with Gasteiger partial charge in [-0.15, -0.1) is 11.8 Å². The Hall–Kier alpha value is 0.270. The van der Waals surface area contributed by atoms with Crippen LogP contribution >= 0.6 is 11.8 Å². The average molecular weight is 173 g/mol. The summed E-state index contributed by atoms with van der Waals surface area (Å²) in [5.41, 5.74) is 0. The van der Waals surface area contributed by atoms with Crippen molar-refractivity contribution in [1.82, 2.24) is 4.90 Å². The summed E-state index contributed by atoms with van der Waals surface area (Å²) < 4.78 is 5.53. The molecule has 0 aliphatic carbocycles.